The SMILES string of the molecule is CCc1noc(CC)c1CNC(=NC)NCc1ccc(CN2CCCCCC2)cc1. The standard InChI is InChI=1S/C24H37N5O/c1-4-22-21(23(5-2)30-28-22)17-27-24(25-3)26-16-19-10-12-20(13-11-19)18-29-14-8-6-7-9-15-29/h10-13H,4-9,14-18H2,1-3H3,(H2,25,26,27). The van der Waals surface area contributed by atoms with Crippen LogP contribution in [0.2, 0.25) is 0 Å². The van der Waals surface area contributed by atoms with Crippen LogP contribution in [0.25, 0.3) is 0 Å². The van der Waals surface area contributed by atoms with E-state index in [1.807, 2.05) is 0 Å². The molecule has 0 bridgehead atoms. The van der Waals surface area contributed by atoms with E-state index in [1.54, 1.807) is 7.05 Å². The molecule has 0 saturated carbocycles. The number of rotatable bonds is 8. The second kappa shape index (κ2) is 11.7. The summed E-state index contributed by atoms with van der Waals surface area (Å²) in [5, 5.41) is 11.0. The summed E-state index contributed by atoms with van der Waals surface area (Å²) in [5.74, 6) is 1.74. The van der Waals surface area contributed by atoms with Crippen LogP contribution in [0.5, 0.6) is 0 Å². The maximum Gasteiger partial charge on any atom is 0.191 e. The van der Waals surface area contributed by atoms with Crippen LogP contribution in [0.15, 0.2) is 33.8 Å². The molecule has 2 aromatic rings. The summed E-state index contributed by atoms with van der Waals surface area (Å²) in [6.07, 6.45) is 7.15. The number of hydrogen-bond acceptors (Lipinski definition) is 4. The Labute approximate surface area is 181 Å². The first-order valence-electron chi connectivity index (χ1n) is 11.4. The molecule has 0 spiro atoms. The third-order valence-electron chi connectivity index (χ3n) is 5.85. The first-order valence-corrected chi connectivity index (χ1v) is 11.4. The monoisotopic (exact) mass is 411 g/mol. The van der Waals surface area contributed by atoms with E-state index in [0.717, 1.165) is 48.9 Å². The zero-order valence-electron chi connectivity index (χ0n) is 18.8. The largest absolute Gasteiger partial charge is 0.361 e. The van der Waals surface area contributed by atoms with E-state index >= 15 is 0 Å². The molecule has 1 aromatic heterocycles. The second-order valence-corrected chi connectivity index (χ2v) is 8.02. The molecule has 164 valence electrons. The highest BCUT2D eigenvalue weighted by atomic mass is 16.5. The molecule has 30 heavy (non-hydrogen) atoms. The van der Waals surface area contributed by atoms with Crippen LogP contribution in [0, 0.1) is 0 Å². The van der Waals surface area contributed by atoms with Gasteiger partial charge in [0.25, 0.3) is 0 Å². The Morgan fingerprint density at radius 3 is 2.27 bits per heavy atom. The fourth-order valence-electron chi connectivity index (χ4n) is 4.03. The van der Waals surface area contributed by atoms with Gasteiger partial charge in [0.15, 0.2) is 5.96 Å². The number of aromatic nitrogens is 1. The number of aryl methyl sites for hydroxylation is 2. The van der Waals surface area contributed by atoms with Gasteiger partial charge in [-0.2, -0.15) is 0 Å². The Morgan fingerprint density at radius 2 is 1.63 bits per heavy atom. The number of nitrogens with zero attached hydrogens (tertiary/aromatic N) is 3. The Kier molecular flexibility index (Phi) is 8.75. The van der Waals surface area contributed by atoms with Gasteiger partial charge in [-0.15, -0.1) is 0 Å². The summed E-state index contributed by atoms with van der Waals surface area (Å²) in [5.41, 5.74) is 4.83. The maximum absolute atomic E-state index is 5.45. The molecule has 3 rings (SSSR count). The number of nitrogens with one attached hydrogen (secondary N) is 2. The molecule has 0 atom stereocenters. The molecule has 0 amide bonds. The van der Waals surface area contributed by atoms with Crippen LogP contribution < -0.4 is 10.6 Å². The molecule has 6 nitrogen and oxygen atoms in total. The molecular weight excluding hydrogens is 374 g/mol. The Morgan fingerprint density at radius 1 is 0.967 bits per heavy atom. The van der Waals surface area contributed by atoms with Crippen LogP contribution >= 0.6 is 0 Å². The number of hydrogen-bond donors (Lipinski definition) is 2. The van der Waals surface area contributed by atoms with Crippen molar-refractivity contribution in [2.24, 2.45) is 4.99 Å². The van der Waals surface area contributed by atoms with Gasteiger partial charge in [-0.1, -0.05) is 56.1 Å². The number of aliphatic imine (C=N–C) groups is 1. The minimum absolute atomic E-state index is 0.671. The summed E-state index contributed by atoms with van der Waals surface area (Å²) in [6, 6.07) is 8.96. The lowest BCUT2D eigenvalue weighted by Gasteiger charge is -2.20. The first kappa shape index (κ1) is 22.3. The van der Waals surface area contributed by atoms with Crippen LogP contribution in [-0.2, 0) is 32.5 Å². The van der Waals surface area contributed by atoms with Crippen molar-refractivity contribution in [2.45, 2.75) is 72.0 Å². The van der Waals surface area contributed by atoms with E-state index in [4.69, 9.17) is 4.52 Å². The van der Waals surface area contributed by atoms with E-state index in [-0.39, 0.29) is 0 Å². The molecule has 1 aliphatic heterocycles. The Bertz CT molecular complexity index is 767. The van der Waals surface area contributed by atoms with E-state index in [9.17, 15) is 0 Å². The smallest absolute Gasteiger partial charge is 0.191 e. The number of likely N-dealkylation sites (tertiary alicyclic amines) is 1. The lowest BCUT2D eigenvalue weighted by molar-refractivity contribution is 0.277. The zero-order valence-corrected chi connectivity index (χ0v) is 18.8. The van der Waals surface area contributed by atoms with Crippen LogP contribution in [0.1, 0.15) is 67.7 Å². The van der Waals surface area contributed by atoms with Gasteiger partial charge in [0.05, 0.1) is 5.69 Å². The molecule has 0 radical (unpaired) electrons. The van der Waals surface area contributed by atoms with E-state index in [2.05, 4.69) is 63.8 Å². The Hall–Kier alpha value is -2.34. The average Bonchev–Trinajstić information content (AvgIpc) is 3.00. The predicted molar refractivity (Wildman–Crippen MR) is 122 cm³/mol. The van der Waals surface area contributed by atoms with Crippen molar-refractivity contribution in [3.8, 4) is 0 Å². The maximum atomic E-state index is 5.45. The van der Waals surface area contributed by atoms with Crippen molar-refractivity contribution in [3.63, 3.8) is 0 Å². The van der Waals surface area contributed by atoms with Gasteiger partial charge >= 0.3 is 0 Å². The van der Waals surface area contributed by atoms with Gasteiger partial charge in [0.2, 0.25) is 0 Å². The van der Waals surface area contributed by atoms with Crippen LogP contribution in [0.3, 0.4) is 0 Å². The van der Waals surface area contributed by atoms with Crippen molar-refractivity contribution < 1.29 is 4.52 Å². The molecule has 2 heterocycles. The normalized spacial score (nSPS) is 15.8. The van der Waals surface area contributed by atoms with E-state index < -0.39 is 0 Å². The molecule has 0 aliphatic carbocycles. The summed E-state index contributed by atoms with van der Waals surface area (Å²) in [7, 11) is 1.80. The minimum atomic E-state index is 0.671. The van der Waals surface area contributed by atoms with Gasteiger partial charge in [-0.05, 0) is 43.5 Å². The molecule has 1 aliphatic rings. The van der Waals surface area contributed by atoms with Crippen molar-refractivity contribution in [2.75, 3.05) is 20.1 Å². The lowest BCUT2D eigenvalue weighted by atomic mass is 10.1. The van der Waals surface area contributed by atoms with Gasteiger partial charge in [0, 0.05) is 38.7 Å². The zero-order chi connectivity index (χ0) is 21.2. The molecule has 1 aromatic carbocycles. The number of benzene rings is 1. The van der Waals surface area contributed by atoms with E-state index in [0.29, 0.717) is 6.54 Å². The summed E-state index contributed by atoms with van der Waals surface area (Å²) >= 11 is 0. The summed E-state index contributed by atoms with van der Waals surface area (Å²) in [4.78, 5) is 6.94. The second-order valence-electron chi connectivity index (χ2n) is 8.02. The van der Waals surface area contributed by atoms with Gasteiger partial charge in [-0.3, -0.25) is 9.89 Å². The minimum Gasteiger partial charge on any atom is -0.361 e. The summed E-state index contributed by atoms with van der Waals surface area (Å²) in [6.45, 7) is 9.14. The fraction of sp³-hybridized carbons (Fsp3) is 0.583. The third kappa shape index (κ3) is 6.33. The highest BCUT2D eigenvalue weighted by molar-refractivity contribution is 5.79. The molecular formula is C24H37N5O. The average molecular weight is 412 g/mol. The van der Waals surface area contributed by atoms with E-state index in [1.165, 1.54) is 49.9 Å². The third-order valence-corrected chi connectivity index (χ3v) is 5.85. The highest BCUT2D eigenvalue weighted by Crippen LogP contribution is 2.16. The first-order chi connectivity index (χ1) is 14.7. The van der Waals surface area contributed by atoms with Crippen LogP contribution in [-0.4, -0.2) is 36.2 Å². The Balaban J connectivity index is 1.48. The highest BCUT2D eigenvalue weighted by Gasteiger charge is 2.14. The van der Waals surface area contributed by atoms with Gasteiger partial charge in [-0.25, -0.2) is 0 Å². The van der Waals surface area contributed by atoms with Gasteiger partial charge in [0.1, 0.15) is 5.76 Å². The van der Waals surface area contributed by atoms with Crippen molar-refractivity contribution in [1.82, 2.24) is 20.7 Å². The molecule has 6 heteroatoms. The topological polar surface area (TPSA) is 65.7 Å². The number of guanidine groups is 1. The molecule has 2 N–H and O–H groups in total. The van der Waals surface area contributed by atoms with Crippen molar-refractivity contribution >= 4 is 5.96 Å². The summed E-state index contributed by atoms with van der Waals surface area (Å²) < 4.78 is 5.45. The lowest BCUT2D eigenvalue weighted by Crippen LogP contribution is -2.36. The molecule has 1 fully saturated rings. The van der Waals surface area contributed by atoms with Crippen molar-refractivity contribution in [3.05, 3.63) is 52.4 Å². The molecule has 0 unspecified atom stereocenters. The van der Waals surface area contributed by atoms with Gasteiger partial charge < -0.3 is 15.2 Å². The predicted octanol–water partition coefficient (Wildman–Crippen LogP) is 4.04. The molecule has 1 saturated heterocycles. The fourth-order valence-corrected chi connectivity index (χ4v) is 4.03. The van der Waals surface area contributed by atoms with Crippen molar-refractivity contribution in [1.29, 1.82) is 0 Å². The van der Waals surface area contributed by atoms with Crippen LogP contribution in [0.4, 0.5) is 0 Å². The quantitative estimate of drug-likeness (QED) is 0.507.